The van der Waals surface area contributed by atoms with Gasteiger partial charge in [-0.15, -0.1) is 10.2 Å². The molecule has 8 N–H and O–H groups in total. The van der Waals surface area contributed by atoms with E-state index in [1.165, 1.54) is 42.5 Å². The van der Waals surface area contributed by atoms with E-state index < -0.39 is 89.0 Å². The average molecular weight is 917 g/mol. The molecule has 0 saturated carbocycles. The van der Waals surface area contributed by atoms with Gasteiger partial charge in [-0.1, -0.05) is 0 Å². The molecule has 0 aromatic heterocycles. The highest BCUT2D eigenvalue weighted by Crippen LogP contribution is 2.44. The van der Waals surface area contributed by atoms with Gasteiger partial charge in [0.05, 0.1) is 22.9 Å². The Kier molecular flexibility index (Phi) is 11.8. The van der Waals surface area contributed by atoms with Crippen LogP contribution < -0.4 is 15.4 Å². The van der Waals surface area contributed by atoms with Crippen LogP contribution in [-0.4, -0.2) is 74.7 Å². The van der Waals surface area contributed by atoms with Gasteiger partial charge >= 0.3 is 6.03 Å². The van der Waals surface area contributed by atoms with E-state index in [0.29, 0.717) is 0 Å². The Hall–Kier alpha value is -6.65. The minimum atomic E-state index is -5.11. The summed E-state index contributed by atoms with van der Waals surface area (Å²) in [6.07, 6.45) is 0. The predicted molar refractivity (Wildman–Crippen MR) is 216 cm³/mol. The van der Waals surface area contributed by atoms with Crippen LogP contribution in [0.2, 0.25) is 0 Å². The van der Waals surface area contributed by atoms with Gasteiger partial charge in [-0.2, -0.15) is 43.9 Å². The molecule has 22 nitrogen and oxygen atoms in total. The van der Waals surface area contributed by atoms with Gasteiger partial charge in [0.1, 0.15) is 31.8 Å². The SMILES string of the molecule is CCOc1ccc(N=Nc2c(S(=O)(=O)O)cc3cc(NC(=O)Nc4ccc5c(O)c(N=Nc6ccc(S(=O)(=O)O)cc6)c(S(=O)(=O)O)cc5c4)ccc3c2O)cc1S(=O)(=O)O. The molecule has 0 spiro atoms. The Labute approximate surface area is 344 Å². The Bertz CT molecular complexity index is 3310. The Balaban J connectivity index is 1.26. The van der Waals surface area contributed by atoms with Crippen LogP contribution in [0.5, 0.6) is 17.2 Å². The molecule has 26 heteroatoms. The maximum Gasteiger partial charge on any atom is 0.323 e. The molecule has 0 heterocycles. The van der Waals surface area contributed by atoms with E-state index in [4.69, 9.17) is 9.29 Å². The third-order valence-electron chi connectivity index (χ3n) is 8.34. The molecule has 2 amide bonds. The number of urea groups is 1. The molecule has 0 saturated heterocycles. The van der Waals surface area contributed by atoms with Crippen molar-refractivity contribution in [3.05, 3.63) is 91.0 Å². The molecule has 0 atom stereocenters. The fourth-order valence-electron chi connectivity index (χ4n) is 5.67. The fraction of sp³-hybridized carbons (Fsp3) is 0.0571. The van der Waals surface area contributed by atoms with Crippen molar-refractivity contribution in [3.63, 3.8) is 0 Å². The molecule has 61 heavy (non-hydrogen) atoms. The van der Waals surface area contributed by atoms with Crippen molar-refractivity contribution in [2.75, 3.05) is 17.2 Å². The zero-order valence-electron chi connectivity index (χ0n) is 30.6. The van der Waals surface area contributed by atoms with Crippen molar-refractivity contribution in [1.29, 1.82) is 0 Å². The quantitative estimate of drug-likeness (QED) is 0.0442. The maximum absolute atomic E-state index is 13.1. The largest absolute Gasteiger partial charge is 0.505 e. The topological polar surface area (TPSA) is 358 Å². The zero-order chi connectivity index (χ0) is 44.7. The lowest BCUT2D eigenvalue weighted by atomic mass is 10.1. The van der Waals surface area contributed by atoms with Crippen molar-refractivity contribution < 1.29 is 71.6 Å². The lowest BCUT2D eigenvalue weighted by Crippen LogP contribution is -2.19. The van der Waals surface area contributed by atoms with Crippen LogP contribution in [0.1, 0.15) is 6.92 Å². The second kappa shape index (κ2) is 16.4. The van der Waals surface area contributed by atoms with Crippen molar-refractivity contribution in [2.45, 2.75) is 26.5 Å². The number of hydrogen-bond donors (Lipinski definition) is 8. The lowest BCUT2D eigenvalue weighted by Gasteiger charge is -2.13. The predicted octanol–water partition coefficient (Wildman–Crippen LogP) is 7.26. The number of nitrogens with zero attached hydrogens (tertiary/aromatic N) is 4. The first-order chi connectivity index (χ1) is 28.4. The molecule has 0 bridgehead atoms. The second-order valence-electron chi connectivity index (χ2n) is 12.5. The number of phenols is 2. The molecule has 0 aliphatic carbocycles. The molecule has 6 aromatic carbocycles. The summed E-state index contributed by atoms with van der Waals surface area (Å²) >= 11 is 0. The lowest BCUT2D eigenvalue weighted by molar-refractivity contribution is 0.262. The van der Waals surface area contributed by atoms with E-state index in [-0.39, 0.29) is 56.7 Å². The van der Waals surface area contributed by atoms with Crippen LogP contribution in [0.15, 0.2) is 131 Å². The smallest absolute Gasteiger partial charge is 0.323 e. The highest BCUT2D eigenvalue weighted by molar-refractivity contribution is 7.86. The Morgan fingerprint density at radius 1 is 0.541 bits per heavy atom. The number of anilines is 2. The van der Waals surface area contributed by atoms with Crippen molar-refractivity contribution in [1.82, 2.24) is 0 Å². The van der Waals surface area contributed by atoms with Crippen LogP contribution in [0, 0.1) is 0 Å². The molecule has 318 valence electrons. The summed E-state index contributed by atoms with van der Waals surface area (Å²) < 4.78 is 140. The van der Waals surface area contributed by atoms with E-state index in [0.717, 1.165) is 48.5 Å². The van der Waals surface area contributed by atoms with Crippen LogP contribution in [0.4, 0.5) is 38.9 Å². The zero-order valence-corrected chi connectivity index (χ0v) is 33.8. The fourth-order valence-corrected chi connectivity index (χ4v) is 8.12. The van der Waals surface area contributed by atoms with Gasteiger partial charge in [0.15, 0.2) is 11.5 Å². The summed E-state index contributed by atoms with van der Waals surface area (Å²) in [5, 5.41) is 41.9. The van der Waals surface area contributed by atoms with Gasteiger partial charge in [0.2, 0.25) is 0 Å². The molecule has 6 rings (SSSR count). The number of carbonyl (C=O) groups is 1. The number of benzene rings is 6. The summed E-state index contributed by atoms with van der Waals surface area (Å²) in [6, 6.07) is 16.1. The number of amides is 2. The first-order valence-corrected chi connectivity index (χ1v) is 22.5. The Morgan fingerprint density at radius 2 is 0.984 bits per heavy atom. The second-order valence-corrected chi connectivity index (χ2v) is 18.0. The van der Waals surface area contributed by atoms with E-state index in [1.54, 1.807) is 6.92 Å². The number of phenolic OH excluding ortho intramolecular Hbond substituents is 2. The molecular formula is C35H28N6O16S4. The van der Waals surface area contributed by atoms with E-state index in [1.807, 2.05) is 0 Å². The third-order valence-corrected chi connectivity index (χ3v) is 11.8. The van der Waals surface area contributed by atoms with Crippen molar-refractivity contribution in [3.8, 4) is 17.2 Å². The van der Waals surface area contributed by atoms with Gasteiger partial charge in [-0.05, 0) is 109 Å². The minimum absolute atomic E-state index is 0.000698. The molecular weight excluding hydrogens is 889 g/mol. The maximum atomic E-state index is 13.1. The first kappa shape index (κ1) is 43.9. The van der Waals surface area contributed by atoms with Gasteiger partial charge in [-0.3, -0.25) is 18.2 Å². The van der Waals surface area contributed by atoms with Crippen LogP contribution in [0.25, 0.3) is 21.5 Å². The number of azo groups is 2. The summed E-state index contributed by atoms with van der Waals surface area (Å²) in [6.45, 7) is 1.63. The molecule has 6 aromatic rings. The van der Waals surface area contributed by atoms with Crippen LogP contribution in [0.3, 0.4) is 0 Å². The van der Waals surface area contributed by atoms with Gasteiger partial charge in [-0.25, -0.2) is 4.79 Å². The number of ether oxygens (including phenoxy) is 1. The summed E-state index contributed by atoms with van der Waals surface area (Å²) in [7, 11) is -19.5. The van der Waals surface area contributed by atoms with Gasteiger partial charge in [0, 0.05) is 22.1 Å². The number of fused-ring (bicyclic) bond motifs is 2. The van der Waals surface area contributed by atoms with Crippen LogP contribution >= 0.6 is 0 Å². The number of nitrogens with one attached hydrogen (secondary N) is 2. The first-order valence-electron chi connectivity index (χ1n) is 16.7. The van der Waals surface area contributed by atoms with Crippen LogP contribution in [-0.2, 0) is 40.5 Å². The van der Waals surface area contributed by atoms with E-state index in [9.17, 15) is 62.3 Å². The van der Waals surface area contributed by atoms with Gasteiger partial charge < -0.3 is 25.6 Å². The standard InChI is InChI=1S/C35H28N6O16S4/c1-2-57-27-12-7-23(17-28(27)59(48,49)50)39-41-32-30(61(54,55)56)16-19-14-22(6-11-26(19)34(32)43)37-35(44)36-21-5-10-25-18(13-21)15-29(60(51,52)53)31(33(25)42)40-38-20-3-8-24(9-4-20)58(45,46)47/h3-17,42-43H,2H2,1H3,(H2,36,37,44)(H,45,46,47)(H,48,49,50)(H,51,52,53)(H,54,55,56). The molecule has 0 aliphatic rings. The van der Waals surface area contributed by atoms with E-state index >= 15 is 0 Å². The highest BCUT2D eigenvalue weighted by atomic mass is 32.2. The Morgan fingerprint density at radius 3 is 1.41 bits per heavy atom. The van der Waals surface area contributed by atoms with Crippen molar-refractivity contribution >= 4 is 102 Å². The highest BCUT2D eigenvalue weighted by Gasteiger charge is 2.25. The summed E-state index contributed by atoms with van der Waals surface area (Å²) in [4.78, 5) is 10.1. The monoisotopic (exact) mass is 916 g/mol. The minimum Gasteiger partial charge on any atom is -0.505 e. The number of hydrogen-bond acceptors (Lipinski definition) is 16. The normalized spacial score (nSPS) is 12.7. The molecule has 0 radical (unpaired) electrons. The number of aromatic hydroxyl groups is 2. The van der Waals surface area contributed by atoms with E-state index in [2.05, 4.69) is 31.1 Å². The number of rotatable bonds is 12. The average Bonchev–Trinajstić information content (AvgIpc) is 3.16. The number of carbonyl (C=O) groups excluding carboxylic acids is 1. The van der Waals surface area contributed by atoms with Crippen molar-refractivity contribution in [2.24, 2.45) is 20.5 Å². The molecule has 0 aliphatic heterocycles. The molecule has 0 fully saturated rings. The molecule has 0 unspecified atom stereocenters. The summed E-state index contributed by atoms with van der Waals surface area (Å²) in [5.74, 6) is -1.73. The third kappa shape index (κ3) is 9.88. The summed E-state index contributed by atoms with van der Waals surface area (Å²) in [5.41, 5.74) is -1.58. The van der Waals surface area contributed by atoms with Gasteiger partial charge in [0.25, 0.3) is 40.5 Å².